The molecule has 6 heteroatoms. The maximum absolute atomic E-state index is 11.6. The normalized spacial score (nSPS) is 11.7. The number of hydrogen-bond acceptors (Lipinski definition) is 4. The van der Waals surface area contributed by atoms with E-state index in [0.29, 0.717) is 10.6 Å². The van der Waals surface area contributed by atoms with Gasteiger partial charge in [-0.15, -0.1) is 0 Å². The fourth-order valence-electron chi connectivity index (χ4n) is 1.52. The molecule has 1 heterocycles. The first-order chi connectivity index (χ1) is 9.65. The zero-order valence-corrected chi connectivity index (χ0v) is 11.7. The number of pyridine rings is 1. The second-order valence-electron chi connectivity index (χ2n) is 4.04. The fraction of sp³-hybridized carbons (Fsp3) is 0.143. The van der Waals surface area contributed by atoms with Crippen molar-refractivity contribution in [3.8, 4) is 0 Å². The number of carbonyl (C=O) groups excluding carboxylic acids is 1. The summed E-state index contributed by atoms with van der Waals surface area (Å²) in [4.78, 5) is 16.2. The number of carbonyl (C=O) groups is 1. The first-order valence-corrected chi connectivity index (χ1v) is 7.47. The van der Waals surface area contributed by atoms with Crippen LogP contribution in [0, 0.1) is 0 Å². The molecule has 0 saturated heterocycles. The summed E-state index contributed by atoms with van der Waals surface area (Å²) in [7, 11) is 0. The van der Waals surface area contributed by atoms with E-state index in [1.807, 2.05) is 6.07 Å². The van der Waals surface area contributed by atoms with E-state index in [1.54, 1.807) is 49.0 Å². The summed E-state index contributed by atoms with van der Waals surface area (Å²) < 4.78 is 16.3. The Kier molecular flexibility index (Phi) is 4.97. The van der Waals surface area contributed by atoms with E-state index < -0.39 is 17.3 Å². The molecule has 0 radical (unpaired) electrons. The predicted molar refractivity (Wildman–Crippen MR) is 76.8 cm³/mol. The summed E-state index contributed by atoms with van der Waals surface area (Å²) in [5.74, 6) is 0. The minimum Gasteiger partial charge on any atom is -0.612 e. The van der Waals surface area contributed by atoms with Gasteiger partial charge >= 0.3 is 6.09 Å². The Balaban J connectivity index is 1.85. The van der Waals surface area contributed by atoms with Crippen LogP contribution < -0.4 is 5.32 Å². The number of anilines is 1. The van der Waals surface area contributed by atoms with Crippen molar-refractivity contribution in [3.63, 3.8) is 0 Å². The van der Waals surface area contributed by atoms with E-state index >= 15 is 0 Å². The van der Waals surface area contributed by atoms with Crippen molar-refractivity contribution >= 4 is 23.0 Å². The standard InChI is InChI=1S/C14H14N2O3S/c1-20(18)13-6-4-12(5-7-13)16-14(17)19-10-11-3-2-8-15-9-11/h2-9H,10H2,1H3,(H,16,17). The molecule has 5 nitrogen and oxygen atoms in total. The van der Waals surface area contributed by atoms with Crippen molar-refractivity contribution < 1.29 is 14.1 Å². The highest BCUT2D eigenvalue weighted by atomic mass is 32.2. The molecule has 0 bridgehead atoms. The molecule has 104 valence electrons. The van der Waals surface area contributed by atoms with Crippen molar-refractivity contribution in [2.75, 3.05) is 11.6 Å². The van der Waals surface area contributed by atoms with Gasteiger partial charge in [0.25, 0.3) is 0 Å². The molecule has 0 spiro atoms. The van der Waals surface area contributed by atoms with Gasteiger partial charge in [0.15, 0.2) is 4.90 Å². The topological polar surface area (TPSA) is 74.3 Å². The average molecular weight is 290 g/mol. The molecule has 1 aromatic heterocycles. The Morgan fingerprint density at radius 3 is 2.70 bits per heavy atom. The number of rotatable bonds is 4. The Labute approximate surface area is 120 Å². The quantitative estimate of drug-likeness (QED) is 0.878. The van der Waals surface area contributed by atoms with Gasteiger partial charge in [-0.1, -0.05) is 6.07 Å². The number of ether oxygens (including phenoxy) is 1. The molecule has 1 unspecified atom stereocenters. The molecule has 0 aliphatic heterocycles. The zero-order valence-electron chi connectivity index (χ0n) is 10.9. The first-order valence-electron chi connectivity index (χ1n) is 5.91. The van der Waals surface area contributed by atoms with Crippen molar-refractivity contribution in [2.24, 2.45) is 0 Å². The lowest BCUT2D eigenvalue weighted by atomic mass is 10.3. The van der Waals surface area contributed by atoms with Crippen LogP contribution in [0.1, 0.15) is 5.56 Å². The van der Waals surface area contributed by atoms with Gasteiger partial charge < -0.3 is 9.29 Å². The van der Waals surface area contributed by atoms with Crippen LogP contribution in [0.3, 0.4) is 0 Å². The third kappa shape index (κ3) is 4.25. The van der Waals surface area contributed by atoms with Gasteiger partial charge in [0.2, 0.25) is 0 Å². The average Bonchev–Trinajstić information content (AvgIpc) is 2.47. The minimum absolute atomic E-state index is 0.163. The number of benzene rings is 1. The van der Waals surface area contributed by atoms with Crippen molar-refractivity contribution in [1.82, 2.24) is 4.98 Å². The smallest absolute Gasteiger partial charge is 0.411 e. The van der Waals surface area contributed by atoms with E-state index in [2.05, 4.69) is 10.3 Å². The first kappa shape index (κ1) is 14.4. The van der Waals surface area contributed by atoms with Gasteiger partial charge in [0, 0.05) is 23.6 Å². The predicted octanol–water partition coefficient (Wildman–Crippen LogP) is 2.57. The van der Waals surface area contributed by atoms with Crippen molar-refractivity contribution in [1.29, 1.82) is 0 Å². The Morgan fingerprint density at radius 1 is 1.35 bits per heavy atom. The summed E-state index contributed by atoms with van der Waals surface area (Å²) in [6.07, 6.45) is 4.35. The van der Waals surface area contributed by atoms with Gasteiger partial charge in [-0.05, 0) is 41.5 Å². The summed E-state index contributed by atoms with van der Waals surface area (Å²) in [6.45, 7) is 0.163. The Hall–Kier alpha value is -2.05. The molecule has 0 aliphatic carbocycles. The molecule has 2 rings (SSSR count). The summed E-state index contributed by atoms with van der Waals surface area (Å²) in [5, 5.41) is 2.60. The third-order valence-corrected chi connectivity index (χ3v) is 3.46. The molecule has 0 aliphatic rings. The summed E-state index contributed by atoms with van der Waals surface area (Å²) in [6, 6.07) is 10.4. The van der Waals surface area contributed by atoms with Crippen molar-refractivity contribution in [3.05, 3.63) is 54.4 Å². The molecular weight excluding hydrogens is 276 g/mol. The fourth-order valence-corrected chi connectivity index (χ4v) is 2.04. The van der Waals surface area contributed by atoms with E-state index in [1.165, 1.54) is 0 Å². The molecule has 2 aromatic rings. The monoisotopic (exact) mass is 290 g/mol. The molecule has 1 aromatic carbocycles. The van der Waals surface area contributed by atoms with Gasteiger partial charge in [-0.2, -0.15) is 0 Å². The highest BCUT2D eigenvalue weighted by Crippen LogP contribution is 2.14. The molecule has 1 amide bonds. The minimum atomic E-state index is -1.03. The largest absolute Gasteiger partial charge is 0.612 e. The lowest BCUT2D eigenvalue weighted by molar-refractivity contribution is 0.155. The van der Waals surface area contributed by atoms with Crippen LogP contribution >= 0.6 is 0 Å². The van der Waals surface area contributed by atoms with Crippen LogP contribution in [-0.4, -0.2) is 21.9 Å². The number of nitrogens with zero attached hydrogens (tertiary/aromatic N) is 1. The van der Waals surface area contributed by atoms with Crippen LogP contribution in [0.5, 0.6) is 0 Å². The summed E-state index contributed by atoms with van der Waals surface area (Å²) in [5.41, 5.74) is 1.41. The summed E-state index contributed by atoms with van der Waals surface area (Å²) >= 11 is -1.03. The van der Waals surface area contributed by atoms with Crippen LogP contribution in [0.25, 0.3) is 0 Å². The number of aromatic nitrogens is 1. The molecule has 0 fully saturated rings. The van der Waals surface area contributed by atoms with Crippen LogP contribution in [0.4, 0.5) is 10.5 Å². The Morgan fingerprint density at radius 2 is 2.10 bits per heavy atom. The van der Waals surface area contributed by atoms with Gasteiger partial charge in [0.1, 0.15) is 12.9 Å². The highest BCUT2D eigenvalue weighted by molar-refractivity contribution is 7.90. The number of amides is 1. The number of hydrogen-bond donors (Lipinski definition) is 1. The van der Waals surface area contributed by atoms with Crippen LogP contribution in [0.2, 0.25) is 0 Å². The van der Waals surface area contributed by atoms with E-state index in [9.17, 15) is 9.35 Å². The number of nitrogens with one attached hydrogen (secondary N) is 1. The van der Waals surface area contributed by atoms with Gasteiger partial charge in [-0.3, -0.25) is 10.3 Å². The molecular formula is C14H14N2O3S. The van der Waals surface area contributed by atoms with Crippen molar-refractivity contribution in [2.45, 2.75) is 11.5 Å². The second kappa shape index (κ2) is 6.93. The van der Waals surface area contributed by atoms with Gasteiger partial charge in [0.05, 0.1) is 0 Å². The van der Waals surface area contributed by atoms with Gasteiger partial charge in [-0.25, -0.2) is 4.79 Å². The van der Waals surface area contributed by atoms with E-state index in [4.69, 9.17) is 4.74 Å². The lowest BCUT2D eigenvalue weighted by Gasteiger charge is -2.08. The second-order valence-corrected chi connectivity index (χ2v) is 5.42. The molecule has 1 N–H and O–H groups in total. The molecule has 1 atom stereocenters. The van der Waals surface area contributed by atoms with Crippen LogP contribution in [0.15, 0.2) is 53.7 Å². The molecule has 20 heavy (non-hydrogen) atoms. The third-order valence-electron chi connectivity index (χ3n) is 2.53. The lowest BCUT2D eigenvalue weighted by Crippen LogP contribution is -2.13. The SMILES string of the molecule is C[S+]([O-])c1ccc(NC(=O)OCc2cccnc2)cc1. The molecule has 0 saturated carbocycles. The maximum Gasteiger partial charge on any atom is 0.411 e. The highest BCUT2D eigenvalue weighted by Gasteiger charge is 2.06. The van der Waals surface area contributed by atoms with E-state index in [-0.39, 0.29) is 6.61 Å². The Bertz CT molecular complexity index is 558. The zero-order chi connectivity index (χ0) is 14.4. The van der Waals surface area contributed by atoms with Crippen LogP contribution in [-0.2, 0) is 22.5 Å². The van der Waals surface area contributed by atoms with E-state index in [0.717, 1.165) is 5.56 Å². The maximum atomic E-state index is 11.6.